The quantitative estimate of drug-likeness (QED) is 0.365. The number of carbonyl (C=O) groups is 1. The molecule has 0 saturated carbocycles. The number of anilines is 1. The molecule has 29 heavy (non-hydrogen) atoms. The fraction of sp³-hybridized carbons (Fsp3) is 0.286. The summed E-state index contributed by atoms with van der Waals surface area (Å²) in [4.78, 5) is 12.4. The van der Waals surface area contributed by atoms with Crippen molar-refractivity contribution in [2.24, 2.45) is 0 Å². The minimum absolute atomic E-state index is 0.276. The van der Waals surface area contributed by atoms with Crippen LogP contribution in [0.3, 0.4) is 0 Å². The summed E-state index contributed by atoms with van der Waals surface area (Å²) in [7, 11) is 0. The van der Waals surface area contributed by atoms with Crippen molar-refractivity contribution in [3.63, 3.8) is 0 Å². The Morgan fingerprint density at radius 3 is 2.48 bits per heavy atom. The predicted molar refractivity (Wildman–Crippen MR) is 120 cm³/mol. The molecular weight excluding hydrogens is 426 g/mol. The number of nitrogens with zero attached hydrogens (tertiary/aromatic N) is 2. The SMILES string of the molecule is Cc1ccc(CSc2nnc(NC(=O)C(C)Oc3cc(C)c(Cl)c(C)c3)s2)cc1. The highest BCUT2D eigenvalue weighted by atomic mass is 35.5. The number of nitrogens with one attached hydrogen (secondary N) is 1. The Labute approximate surface area is 183 Å². The molecule has 0 radical (unpaired) electrons. The molecule has 0 fully saturated rings. The van der Waals surface area contributed by atoms with Gasteiger partial charge in [0.1, 0.15) is 5.75 Å². The van der Waals surface area contributed by atoms with Gasteiger partial charge in [-0.15, -0.1) is 10.2 Å². The molecular formula is C21H22ClN3O2S2. The van der Waals surface area contributed by atoms with Crippen LogP contribution < -0.4 is 10.1 Å². The van der Waals surface area contributed by atoms with Crippen molar-refractivity contribution in [3.8, 4) is 5.75 Å². The van der Waals surface area contributed by atoms with E-state index in [0.29, 0.717) is 15.9 Å². The average molecular weight is 448 g/mol. The third-order valence-electron chi connectivity index (χ3n) is 4.21. The zero-order valence-corrected chi connectivity index (χ0v) is 19.0. The van der Waals surface area contributed by atoms with Crippen LogP contribution in [0.4, 0.5) is 5.13 Å². The highest BCUT2D eigenvalue weighted by molar-refractivity contribution is 8.00. The van der Waals surface area contributed by atoms with Crippen molar-refractivity contribution in [1.29, 1.82) is 0 Å². The van der Waals surface area contributed by atoms with Gasteiger partial charge in [0.2, 0.25) is 5.13 Å². The van der Waals surface area contributed by atoms with Gasteiger partial charge in [0, 0.05) is 10.8 Å². The van der Waals surface area contributed by atoms with Crippen molar-refractivity contribution in [2.75, 3.05) is 5.32 Å². The van der Waals surface area contributed by atoms with Crippen LogP contribution in [0.15, 0.2) is 40.7 Å². The number of rotatable bonds is 7. The molecule has 3 aromatic rings. The summed E-state index contributed by atoms with van der Waals surface area (Å²) in [5.74, 6) is 1.14. The van der Waals surface area contributed by atoms with Crippen molar-refractivity contribution in [1.82, 2.24) is 10.2 Å². The van der Waals surface area contributed by atoms with E-state index in [2.05, 4.69) is 46.7 Å². The van der Waals surface area contributed by atoms with Crippen LogP contribution in [-0.2, 0) is 10.5 Å². The van der Waals surface area contributed by atoms with Crippen LogP contribution in [0.5, 0.6) is 5.75 Å². The molecule has 0 aliphatic heterocycles. The first-order chi connectivity index (χ1) is 13.8. The molecule has 152 valence electrons. The Morgan fingerprint density at radius 2 is 1.83 bits per heavy atom. The Morgan fingerprint density at radius 1 is 1.17 bits per heavy atom. The molecule has 5 nitrogen and oxygen atoms in total. The number of benzene rings is 2. The maximum Gasteiger partial charge on any atom is 0.266 e. The van der Waals surface area contributed by atoms with Crippen LogP contribution in [0.1, 0.15) is 29.2 Å². The monoisotopic (exact) mass is 447 g/mol. The Balaban J connectivity index is 1.54. The summed E-state index contributed by atoms with van der Waals surface area (Å²) in [5.41, 5.74) is 4.28. The second-order valence-electron chi connectivity index (χ2n) is 6.77. The lowest BCUT2D eigenvalue weighted by molar-refractivity contribution is -0.122. The normalized spacial score (nSPS) is 11.9. The summed E-state index contributed by atoms with van der Waals surface area (Å²) in [6.07, 6.45) is -0.678. The lowest BCUT2D eigenvalue weighted by Gasteiger charge is -2.15. The van der Waals surface area contributed by atoms with Crippen molar-refractivity contribution in [3.05, 3.63) is 63.7 Å². The number of thioether (sulfide) groups is 1. The number of hydrogen-bond donors (Lipinski definition) is 1. The minimum atomic E-state index is -0.678. The molecule has 0 aliphatic carbocycles. The van der Waals surface area contributed by atoms with E-state index in [4.69, 9.17) is 16.3 Å². The fourth-order valence-corrected chi connectivity index (χ4v) is 4.41. The van der Waals surface area contributed by atoms with Gasteiger partial charge >= 0.3 is 0 Å². The summed E-state index contributed by atoms with van der Waals surface area (Å²) >= 11 is 9.12. The van der Waals surface area contributed by atoms with Crippen LogP contribution in [0.25, 0.3) is 0 Å². The largest absolute Gasteiger partial charge is 0.481 e. The molecule has 1 amide bonds. The number of halogens is 1. The van der Waals surface area contributed by atoms with Gasteiger partial charge in [0.25, 0.3) is 5.91 Å². The molecule has 1 aromatic heterocycles. The fourth-order valence-electron chi connectivity index (χ4n) is 2.59. The van der Waals surface area contributed by atoms with Crippen LogP contribution in [-0.4, -0.2) is 22.2 Å². The second kappa shape index (κ2) is 9.61. The Kier molecular flexibility index (Phi) is 7.16. The highest BCUT2D eigenvalue weighted by Crippen LogP contribution is 2.29. The molecule has 1 unspecified atom stereocenters. The number of ether oxygens (including phenoxy) is 1. The van der Waals surface area contributed by atoms with Crippen molar-refractivity contribution in [2.45, 2.75) is 43.9 Å². The zero-order chi connectivity index (χ0) is 21.0. The predicted octanol–water partition coefficient (Wildman–Crippen LogP) is 5.82. The Bertz CT molecular complexity index is 982. The number of hydrogen-bond acceptors (Lipinski definition) is 6. The summed E-state index contributed by atoms with van der Waals surface area (Å²) < 4.78 is 6.57. The van der Waals surface area contributed by atoms with E-state index in [1.54, 1.807) is 18.7 Å². The summed E-state index contributed by atoms with van der Waals surface area (Å²) in [5, 5.41) is 12.1. The molecule has 8 heteroatoms. The Hall–Kier alpha value is -2.09. The van der Waals surface area contributed by atoms with E-state index < -0.39 is 6.10 Å². The van der Waals surface area contributed by atoms with Crippen molar-refractivity contribution >= 4 is 45.7 Å². The molecule has 0 spiro atoms. The zero-order valence-electron chi connectivity index (χ0n) is 16.7. The molecule has 1 atom stereocenters. The molecule has 3 rings (SSSR count). The number of amides is 1. The van der Waals surface area contributed by atoms with Crippen LogP contribution in [0, 0.1) is 20.8 Å². The summed E-state index contributed by atoms with van der Waals surface area (Å²) in [6, 6.07) is 12.0. The van der Waals surface area contributed by atoms with Gasteiger partial charge in [0.05, 0.1) is 0 Å². The molecule has 1 N–H and O–H groups in total. The van der Waals surface area contributed by atoms with Crippen molar-refractivity contribution < 1.29 is 9.53 Å². The van der Waals surface area contributed by atoms with Gasteiger partial charge in [-0.2, -0.15) is 0 Å². The van der Waals surface area contributed by atoms with Gasteiger partial charge in [0.15, 0.2) is 10.4 Å². The van der Waals surface area contributed by atoms with E-state index in [0.717, 1.165) is 21.2 Å². The van der Waals surface area contributed by atoms with Crippen LogP contribution in [0.2, 0.25) is 5.02 Å². The molecule has 0 aliphatic rings. The molecule has 0 bridgehead atoms. The molecule has 2 aromatic carbocycles. The van der Waals surface area contributed by atoms with Gasteiger partial charge < -0.3 is 4.74 Å². The smallest absolute Gasteiger partial charge is 0.266 e. The first-order valence-electron chi connectivity index (χ1n) is 9.08. The first-order valence-corrected chi connectivity index (χ1v) is 11.3. The van der Waals surface area contributed by atoms with E-state index in [9.17, 15) is 4.79 Å². The lowest BCUT2D eigenvalue weighted by Crippen LogP contribution is -2.30. The molecule has 1 heterocycles. The maximum absolute atomic E-state index is 12.4. The van der Waals surface area contributed by atoms with Gasteiger partial charge in [-0.1, -0.05) is 64.5 Å². The van der Waals surface area contributed by atoms with E-state index in [1.807, 2.05) is 26.0 Å². The van der Waals surface area contributed by atoms with E-state index in [-0.39, 0.29) is 5.91 Å². The summed E-state index contributed by atoms with van der Waals surface area (Å²) in [6.45, 7) is 7.58. The number of carbonyl (C=O) groups excluding carboxylic acids is 1. The number of aryl methyl sites for hydroxylation is 3. The van der Waals surface area contributed by atoms with Gasteiger partial charge in [-0.3, -0.25) is 10.1 Å². The standard InChI is InChI=1S/C21H22ClN3O2S2/c1-12-5-7-16(8-6-12)11-28-21-25-24-20(29-21)23-19(26)15(4)27-17-9-13(2)18(22)14(3)10-17/h5-10,15H,11H2,1-4H3,(H,23,24,26). The van der Waals surface area contributed by atoms with E-state index >= 15 is 0 Å². The van der Waals surface area contributed by atoms with E-state index in [1.165, 1.54) is 22.5 Å². The molecule has 0 saturated heterocycles. The third-order valence-corrected chi connectivity index (χ3v) is 6.85. The van der Waals surface area contributed by atoms with Gasteiger partial charge in [-0.25, -0.2) is 0 Å². The maximum atomic E-state index is 12.4. The number of aromatic nitrogens is 2. The first kappa shape index (κ1) is 21.6. The minimum Gasteiger partial charge on any atom is -0.481 e. The second-order valence-corrected chi connectivity index (χ2v) is 9.35. The van der Waals surface area contributed by atoms with Crippen LogP contribution >= 0.6 is 34.7 Å². The third kappa shape index (κ3) is 5.95. The highest BCUT2D eigenvalue weighted by Gasteiger charge is 2.18. The average Bonchev–Trinajstić information content (AvgIpc) is 3.13. The lowest BCUT2D eigenvalue weighted by atomic mass is 10.1. The topological polar surface area (TPSA) is 64.1 Å². The van der Waals surface area contributed by atoms with Gasteiger partial charge in [-0.05, 0) is 56.5 Å².